The molecule has 0 amide bonds. The smallest absolute Gasteiger partial charge is 0.192 e. The highest BCUT2D eigenvalue weighted by Crippen LogP contribution is 2.35. The summed E-state index contributed by atoms with van der Waals surface area (Å²) in [6.07, 6.45) is -11.3. The number of hydrogen-bond donors (Lipinski definition) is 0. The molecule has 0 aliphatic rings. The van der Waals surface area contributed by atoms with Gasteiger partial charge in [-0.15, -0.1) is 0 Å². The van der Waals surface area contributed by atoms with E-state index >= 15 is 0 Å². The fraction of sp³-hybridized carbons (Fsp3) is 0.300. The van der Waals surface area contributed by atoms with Gasteiger partial charge in [0.25, 0.3) is 0 Å². The van der Waals surface area contributed by atoms with Crippen LogP contribution in [0.25, 0.3) is 0 Å². The van der Waals surface area contributed by atoms with Crippen LogP contribution in [0.5, 0.6) is 0 Å². The molecule has 0 fully saturated rings. The standard InChI is InChI=1S/C10H5F6N/c11-9(12,13)4-7-2-1-6(5-17)3-8(7)10(14,15)16/h1-3H,4H2. The third kappa shape index (κ3) is 3.66. The molecule has 0 aromatic heterocycles. The Morgan fingerprint density at radius 3 is 2.06 bits per heavy atom. The molecule has 1 aromatic rings. The Morgan fingerprint density at radius 1 is 1.06 bits per heavy atom. The zero-order valence-electron chi connectivity index (χ0n) is 8.15. The van der Waals surface area contributed by atoms with E-state index in [4.69, 9.17) is 5.26 Å². The molecule has 17 heavy (non-hydrogen) atoms. The van der Waals surface area contributed by atoms with Crippen LogP contribution in [0.4, 0.5) is 26.3 Å². The number of nitriles is 1. The highest BCUT2D eigenvalue weighted by atomic mass is 19.4. The molecule has 0 heterocycles. The van der Waals surface area contributed by atoms with Crippen molar-refractivity contribution < 1.29 is 26.3 Å². The average Bonchev–Trinajstić information content (AvgIpc) is 2.14. The van der Waals surface area contributed by atoms with Gasteiger partial charge in [-0.3, -0.25) is 0 Å². The first-order chi connectivity index (χ1) is 7.63. The summed E-state index contributed by atoms with van der Waals surface area (Å²) in [6.45, 7) is 0. The highest BCUT2D eigenvalue weighted by Gasteiger charge is 2.37. The summed E-state index contributed by atoms with van der Waals surface area (Å²) in [4.78, 5) is 0. The summed E-state index contributed by atoms with van der Waals surface area (Å²) < 4.78 is 73.6. The van der Waals surface area contributed by atoms with E-state index in [-0.39, 0.29) is 5.56 Å². The largest absolute Gasteiger partial charge is 0.416 e. The zero-order chi connectivity index (χ0) is 13.3. The van der Waals surface area contributed by atoms with E-state index in [1.807, 2.05) is 0 Å². The molecular formula is C10H5F6N. The Kier molecular flexibility index (Phi) is 3.36. The Balaban J connectivity index is 3.27. The van der Waals surface area contributed by atoms with Gasteiger partial charge in [0.1, 0.15) is 0 Å². The van der Waals surface area contributed by atoms with Gasteiger partial charge in [0, 0.05) is 0 Å². The van der Waals surface area contributed by atoms with E-state index in [0.29, 0.717) is 12.1 Å². The summed E-state index contributed by atoms with van der Waals surface area (Å²) in [7, 11) is 0. The van der Waals surface area contributed by atoms with Crippen molar-refractivity contribution in [2.24, 2.45) is 0 Å². The number of benzene rings is 1. The summed E-state index contributed by atoms with van der Waals surface area (Å²) in [6, 6.07) is 3.47. The Hall–Kier alpha value is -1.71. The van der Waals surface area contributed by atoms with Crippen molar-refractivity contribution in [1.29, 1.82) is 5.26 Å². The van der Waals surface area contributed by atoms with Crippen LogP contribution in [0.15, 0.2) is 18.2 Å². The van der Waals surface area contributed by atoms with Gasteiger partial charge < -0.3 is 0 Å². The van der Waals surface area contributed by atoms with Gasteiger partial charge >= 0.3 is 12.4 Å². The minimum absolute atomic E-state index is 0.330. The highest BCUT2D eigenvalue weighted by molar-refractivity contribution is 5.40. The van der Waals surface area contributed by atoms with Crippen LogP contribution in [-0.2, 0) is 12.6 Å². The molecule has 0 aliphatic carbocycles. The molecule has 92 valence electrons. The Bertz CT molecular complexity index is 451. The van der Waals surface area contributed by atoms with Crippen LogP contribution in [0, 0.1) is 11.3 Å². The quantitative estimate of drug-likeness (QED) is 0.700. The normalized spacial score (nSPS) is 12.3. The van der Waals surface area contributed by atoms with Gasteiger partial charge in [-0.25, -0.2) is 0 Å². The van der Waals surface area contributed by atoms with E-state index in [0.717, 1.165) is 6.07 Å². The minimum Gasteiger partial charge on any atom is -0.192 e. The second kappa shape index (κ2) is 4.28. The van der Waals surface area contributed by atoms with Crippen LogP contribution < -0.4 is 0 Å². The Morgan fingerprint density at radius 2 is 1.65 bits per heavy atom. The van der Waals surface area contributed by atoms with Crippen LogP contribution in [-0.4, -0.2) is 6.18 Å². The molecular weight excluding hydrogens is 248 g/mol. The maximum absolute atomic E-state index is 12.5. The van der Waals surface area contributed by atoms with Gasteiger partial charge in [0.2, 0.25) is 0 Å². The third-order valence-corrected chi connectivity index (χ3v) is 1.94. The van der Waals surface area contributed by atoms with Crippen molar-refractivity contribution in [2.45, 2.75) is 18.8 Å². The molecule has 0 aliphatic heterocycles. The minimum atomic E-state index is -4.91. The lowest BCUT2D eigenvalue weighted by atomic mass is 10.0. The van der Waals surface area contributed by atoms with E-state index in [1.165, 1.54) is 6.07 Å². The maximum atomic E-state index is 12.5. The monoisotopic (exact) mass is 253 g/mol. The maximum Gasteiger partial charge on any atom is 0.416 e. The van der Waals surface area contributed by atoms with Crippen molar-refractivity contribution in [3.63, 3.8) is 0 Å². The first-order valence-corrected chi connectivity index (χ1v) is 4.30. The lowest BCUT2D eigenvalue weighted by molar-refractivity contribution is -0.143. The van der Waals surface area contributed by atoms with Crippen molar-refractivity contribution in [2.75, 3.05) is 0 Å². The van der Waals surface area contributed by atoms with Crippen LogP contribution in [0.1, 0.15) is 16.7 Å². The van der Waals surface area contributed by atoms with Crippen LogP contribution in [0.3, 0.4) is 0 Å². The first kappa shape index (κ1) is 13.4. The Labute approximate surface area is 92.3 Å². The molecule has 1 nitrogen and oxygen atoms in total. The van der Waals surface area contributed by atoms with Crippen molar-refractivity contribution in [3.8, 4) is 6.07 Å². The fourth-order valence-electron chi connectivity index (χ4n) is 1.28. The lowest BCUT2D eigenvalue weighted by Crippen LogP contribution is -2.17. The molecule has 0 bridgehead atoms. The third-order valence-electron chi connectivity index (χ3n) is 1.94. The number of halogens is 6. The molecule has 0 unspecified atom stereocenters. The molecule has 1 aromatic carbocycles. The zero-order valence-corrected chi connectivity index (χ0v) is 8.15. The number of alkyl halides is 6. The van der Waals surface area contributed by atoms with E-state index in [2.05, 4.69) is 0 Å². The first-order valence-electron chi connectivity index (χ1n) is 4.30. The van der Waals surface area contributed by atoms with E-state index in [1.54, 1.807) is 0 Å². The van der Waals surface area contributed by atoms with Crippen molar-refractivity contribution in [1.82, 2.24) is 0 Å². The van der Waals surface area contributed by atoms with Gasteiger partial charge in [-0.05, 0) is 17.7 Å². The van der Waals surface area contributed by atoms with Gasteiger partial charge in [0.05, 0.1) is 23.6 Å². The average molecular weight is 253 g/mol. The molecule has 0 saturated heterocycles. The predicted molar refractivity (Wildman–Crippen MR) is 45.9 cm³/mol. The second-order valence-electron chi connectivity index (χ2n) is 3.27. The second-order valence-corrected chi connectivity index (χ2v) is 3.27. The predicted octanol–water partition coefficient (Wildman–Crippen LogP) is 3.68. The van der Waals surface area contributed by atoms with Gasteiger partial charge in [-0.2, -0.15) is 31.6 Å². The van der Waals surface area contributed by atoms with Crippen molar-refractivity contribution in [3.05, 3.63) is 34.9 Å². The molecule has 0 spiro atoms. The molecule has 0 radical (unpaired) electrons. The molecule has 0 N–H and O–H groups in total. The number of hydrogen-bond acceptors (Lipinski definition) is 1. The molecule has 0 saturated carbocycles. The lowest BCUT2D eigenvalue weighted by Gasteiger charge is -2.14. The van der Waals surface area contributed by atoms with Gasteiger partial charge in [-0.1, -0.05) is 6.07 Å². The SMILES string of the molecule is N#Cc1ccc(CC(F)(F)F)c(C(F)(F)F)c1. The molecule has 1 rings (SSSR count). The van der Waals surface area contributed by atoms with Crippen LogP contribution in [0.2, 0.25) is 0 Å². The summed E-state index contributed by atoms with van der Waals surface area (Å²) >= 11 is 0. The molecule has 0 atom stereocenters. The van der Waals surface area contributed by atoms with Crippen LogP contribution >= 0.6 is 0 Å². The van der Waals surface area contributed by atoms with Gasteiger partial charge in [0.15, 0.2) is 0 Å². The molecule has 7 heteroatoms. The number of nitrogens with zero attached hydrogens (tertiary/aromatic N) is 1. The van der Waals surface area contributed by atoms with E-state index in [9.17, 15) is 26.3 Å². The van der Waals surface area contributed by atoms with E-state index < -0.39 is 29.9 Å². The summed E-state index contributed by atoms with van der Waals surface area (Å²) in [5.74, 6) is 0. The summed E-state index contributed by atoms with van der Waals surface area (Å²) in [5.41, 5.74) is -2.64. The van der Waals surface area contributed by atoms with Crippen molar-refractivity contribution >= 4 is 0 Å². The summed E-state index contributed by atoms with van der Waals surface area (Å²) in [5, 5.41) is 8.41. The topological polar surface area (TPSA) is 23.8 Å². The number of rotatable bonds is 1. The fourth-order valence-corrected chi connectivity index (χ4v) is 1.28.